The van der Waals surface area contributed by atoms with Crippen LogP contribution in [0, 0.1) is 11.3 Å². The van der Waals surface area contributed by atoms with Crippen molar-refractivity contribution < 1.29 is 0 Å². The number of anilines is 2. The largest absolute Gasteiger partial charge is 0.382 e. The van der Waals surface area contributed by atoms with E-state index in [9.17, 15) is 10.1 Å². The first kappa shape index (κ1) is 21.6. The summed E-state index contributed by atoms with van der Waals surface area (Å²) in [5.41, 5.74) is 6.91. The number of nitrogens with zero attached hydrogens (tertiary/aromatic N) is 5. The predicted octanol–water partition coefficient (Wildman–Crippen LogP) is 4.18. The molecule has 160 valence electrons. The Bertz CT molecular complexity index is 1420. The predicted molar refractivity (Wildman–Crippen MR) is 127 cm³/mol. The minimum atomic E-state index is -0.512. The molecule has 2 aromatic heterocycles. The summed E-state index contributed by atoms with van der Waals surface area (Å²) in [6.07, 6.45) is 1.82. The van der Waals surface area contributed by atoms with Crippen molar-refractivity contribution in [3.05, 3.63) is 75.3 Å². The van der Waals surface area contributed by atoms with Gasteiger partial charge in [0.1, 0.15) is 23.3 Å². The van der Waals surface area contributed by atoms with Gasteiger partial charge in [0.25, 0.3) is 5.56 Å². The quantitative estimate of drug-likeness (QED) is 0.334. The van der Waals surface area contributed by atoms with Crippen LogP contribution >= 0.6 is 23.4 Å². The van der Waals surface area contributed by atoms with Gasteiger partial charge in [-0.15, -0.1) is 0 Å². The number of fused-ring (bicyclic) bond motifs is 1. The van der Waals surface area contributed by atoms with Gasteiger partial charge in [0.05, 0.1) is 27.7 Å². The van der Waals surface area contributed by atoms with E-state index in [2.05, 4.69) is 15.3 Å². The Balaban J connectivity index is 1.92. The number of nitrogens with two attached hydrogens (primary N) is 1. The van der Waals surface area contributed by atoms with E-state index >= 15 is 0 Å². The molecular weight excluding hydrogens is 446 g/mol. The molecule has 0 fully saturated rings. The minimum Gasteiger partial charge on any atom is -0.382 e. The smallest absolute Gasteiger partial charge is 0.267 e. The fraction of sp³-hybridized carbons (Fsp3) is 0.136. The monoisotopic (exact) mass is 463 g/mol. The van der Waals surface area contributed by atoms with Crippen molar-refractivity contribution in [3.8, 4) is 11.8 Å². The lowest BCUT2D eigenvalue weighted by molar-refractivity contribution is 0.728. The molecule has 0 unspecified atom stereocenters. The van der Waals surface area contributed by atoms with Crippen LogP contribution in [0.5, 0.6) is 0 Å². The summed E-state index contributed by atoms with van der Waals surface area (Å²) in [6.45, 7) is 1.83. The molecule has 2 heterocycles. The fourth-order valence-corrected chi connectivity index (χ4v) is 3.98. The Hall–Kier alpha value is -3.61. The van der Waals surface area contributed by atoms with Crippen LogP contribution in [0.25, 0.3) is 16.6 Å². The van der Waals surface area contributed by atoms with Gasteiger partial charge in [-0.05, 0) is 37.4 Å². The van der Waals surface area contributed by atoms with Crippen LogP contribution in [-0.2, 0) is 0 Å². The van der Waals surface area contributed by atoms with Gasteiger partial charge in [-0.3, -0.25) is 9.36 Å². The molecule has 3 N–H and O–H groups in total. The number of thioether (sulfide) groups is 1. The molecule has 0 aliphatic carbocycles. The number of halogens is 1. The molecule has 4 rings (SSSR count). The molecule has 8 nitrogen and oxygen atoms in total. The van der Waals surface area contributed by atoms with Gasteiger partial charge >= 0.3 is 0 Å². The summed E-state index contributed by atoms with van der Waals surface area (Å²) < 4.78 is 1.51. The van der Waals surface area contributed by atoms with E-state index in [1.807, 2.05) is 49.6 Å². The SMILES string of the molecule is CSc1nc(N)c(C#N)c(N[C@@H](C)c2nc3cccc(Cl)c3c(=O)n2-c2ccccc2)n1. The van der Waals surface area contributed by atoms with E-state index in [0.717, 1.165) is 0 Å². The zero-order chi connectivity index (χ0) is 22.8. The first-order valence-electron chi connectivity index (χ1n) is 9.59. The number of benzene rings is 2. The molecule has 10 heteroatoms. The number of nitrogens with one attached hydrogen (secondary N) is 1. The number of aromatic nitrogens is 4. The van der Waals surface area contributed by atoms with E-state index in [1.54, 1.807) is 18.2 Å². The number of nitrogen functional groups attached to an aromatic ring is 1. The molecule has 32 heavy (non-hydrogen) atoms. The van der Waals surface area contributed by atoms with E-state index in [0.29, 0.717) is 32.6 Å². The number of hydrogen-bond acceptors (Lipinski definition) is 8. The third kappa shape index (κ3) is 3.86. The van der Waals surface area contributed by atoms with Gasteiger partial charge in [0.2, 0.25) is 0 Å². The molecule has 0 radical (unpaired) electrons. The third-order valence-corrected chi connectivity index (χ3v) is 5.70. The maximum absolute atomic E-state index is 13.5. The van der Waals surface area contributed by atoms with Gasteiger partial charge < -0.3 is 11.1 Å². The summed E-state index contributed by atoms with van der Waals surface area (Å²) in [5, 5.41) is 13.8. The molecule has 0 aliphatic rings. The Morgan fingerprint density at radius 3 is 2.59 bits per heavy atom. The zero-order valence-corrected chi connectivity index (χ0v) is 18.8. The van der Waals surface area contributed by atoms with Gasteiger partial charge in [-0.1, -0.05) is 47.6 Å². The van der Waals surface area contributed by atoms with Gasteiger partial charge in [0, 0.05) is 0 Å². The second-order valence-corrected chi connectivity index (χ2v) is 8.06. The highest BCUT2D eigenvalue weighted by Gasteiger charge is 2.21. The highest BCUT2D eigenvalue weighted by molar-refractivity contribution is 7.98. The van der Waals surface area contributed by atoms with Crippen LogP contribution in [-0.4, -0.2) is 25.8 Å². The number of nitriles is 1. The molecule has 2 aromatic carbocycles. The normalized spacial score (nSPS) is 11.8. The molecule has 0 saturated heterocycles. The molecule has 0 bridgehead atoms. The molecule has 4 aromatic rings. The van der Waals surface area contributed by atoms with E-state index in [1.165, 1.54) is 16.3 Å². The van der Waals surface area contributed by atoms with Crippen LogP contribution in [0.1, 0.15) is 24.4 Å². The van der Waals surface area contributed by atoms with Crippen molar-refractivity contribution in [1.29, 1.82) is 5.26 Å². The Morgan fingerprint density at radius 1 is 1.16 bits per heavy atom. The van der Waals surface area contributed by atoms with Crippen LogP contribution < -0.4 is 16.6 Å². The standard InChI is InChI=1S/C22H18ClN7OS/c1-12(26-19-14(11-24)18(25)28-22(29-19)32-2)20-27-16-10-6-9-15(23)17(16)21(31)30(20)13-7-4-3-5-8-13/h3-10,12H,1-2H3,(H3,25,26,28,29)/t12-/m0/s1. The first-order valence-corrected chi connectivity index (χ1v) is 11.2. The topological polar surface area (TPSA) is 123 Å². The summed E-state index contributed by atoms with van der Waals surface area (Å²) in [6, 6.07) is 15.8. The van der Waals surface area contributed by atoms with Crippen molar-refractivity contribution in [3.63, 3.8) is 0 Å². The second kappa shape index (κ2) is 8.86. The highest BCUT2D eigenvalue weighted by Crippen LogP contribution is 2.27. The lowest BCUT2D eigenvalue weighted by atomic mass is 10.2. The van der Waals surface area contributed by atoms with E-state index < -0.39 is 6.04 Å². The third-order valence-electron chi connectivity index (χ3n) is 4.84. The van der Waals surface area contributed by atoms with Crippen molar-refractivity contribution in [2.45, 2.75) is 18.1 Å². The minimum absolute atomic E-state index is 0.0836. The molecule has 0 aliphatic heterocycles. The van der Waals surface area contributed by atoms with Crippen LogP contribution in [0.3, 0.4) is 0 Å². The number of para-hydroxylation sites is 1. The Labute approximate surface area is 193 Å². The summed E-state index contributed by atoms with van der Waals surface area (Å²) >= 11 is 7.64. The highest BCUT2D eigenvalue weighted by atomic mass is 35.5. The van der Waals surface area contributed by atoms with Crippen LogP contribution in [0.15, 0.2) is 58.5 Å². The lowest BCUT2D eigenvalue weighted by Crippen LogP contribution is -2.27. The average Bonchev–Trinajstić information content (AvgIpc) is 2.79. The molecule has 1 atom stereocenters. The molecule has 0 saturated carbocycles. The summed E-state index contributed by atoms with van der Waals surface area (Å²) in [7, 11) is 0. The summed E-state index contributed by atoms with van der Waals surface area (Å²) in [5.74, 6) is 0.792. The van der Waals surface area contributed by atoms with Gasteiger partial charge in [0.15, 0.2) is 11.0 Å². The van der Waals surface area contributed by atoms with E-state index in [-0.39, 0.29) is 22.8 Å². The zero-order valence-electron chi connectivity index (χ0n) is 17.2. The molecule has 0 amide bonds. The summed E-state index contributed by atoms with van der Waals surface area (Å²) in [4.78, 5) is 26.8. The fourth-order valence-electron chi connectivity index (χ4n) is 3.36. The molecular formula is C22H18ClN7OS. The van der Waals surface area contributed by atoms with Gasteiger partial charge in [-0.25, -0.2) is 15.0 Å². The van der Waals surface area contributed by atoms with Crippen molar-refractivity contribution in [2.75, 3.05) is 17.3 Å². The maximum atomic E-state index is 13.5. The number of rotatable bonds is 5. The Kier molecular flexibility index (Phi) is 5.99. The second-order valence-electron chi connectivity index (χ2n) is 6.88. The Morgan fingerprint density at radius 2 is 1.91 bits per heavy atom. The lowest BCUT2D eigenvalue weighted by Gasteiger charge is -2.21. The first-order chi connectivity index (χ1) is 15.4. The van der Waals surface area contributed by atoms with Crippen molar-refractivity contribution in [2.24, 2.45) is 0 Å². The van der Waals surface area contributed by atoms with Gasteiger partial charge in [-0.2, -0.15) is 5.26 Å². The van der Waals surface area contributed by atoms with Crippen molar-refractivity contribution >= 4 is 45.9 Å². The van der Waals surface area contributed by atoms with E-state index in [4.69, 9.17) is 22.3 Å². The molecule has 0 spiro atoms. The van der Waals surface area contributed by atoms with Crippen LogP contribution in [0.4, 0.5) is 11.6 Å². The average molecular weight is 464 g/mol. The van der Waals surface area contributed by atoms with Crippen LogP contribution in [0.2, 0.25) is 5.02 Å². The number of hydrogen-bond donors (Lipinski definition) is 2. The van der Waals surface area contributed by atoms with Crippen molar-refractivity contribution in [1.82, 2.24) is 19.5 Å². The maximum Gasteiger partial charge on any atom is 0.267 e.